The van der Waals surface area contributed by atoms with Crippen molar-refractivity contribution in [3.05, 3.63) is 72.8 Å². The zero-order chi connectivity index (χ0) is 19.1. The summed E-state index contributed by atoms with van der Waals surface area (Å²) in [7, 11) is 0. The molecule has 2 N–H and O–H groups in total. The van der Waals surface area contributed by atoms with Gasteiger partial charge in [0.2, 0.25) is 11.7 Å². The molecule has 3 aromatic rings. The summed E-state index contributed by atoms with van der Waals surface area (Å²) in [6.45, 7) is 3.78. The Hall–Kier alpha value is -3.81. The first kappa shape index (κ1) is 18.0. The molecule has 0 aliphatic carbocycles. The Morgan fingerprint density at radius 3 is 2.59 bits per heavy atom. The van der Waals surface area contributed by atoms with E-state index in [9.17, 15) is 9.59 Å². The van der Waals surface area contributed by atoms with Crippen LogP contribution in [-0.4, -0.2) is 38.6 Å². The van der Waals surface area contributed by atoms with E-state index in [1.807, 2.05) is 30.3 Å². The number of benzene rings is 2. The van der Waals surface area contributed by atoms with Crippen molar-refractivity contribution >= 4 is 17.5 Å². The van der Waals surface area contributed by atoms with Crippen LogP contribution < -0.4 is 10.6 Å². The molecular weight excluding hydrogens is 344 g/mol. The molecule has 0 radical (unpaired) electrons. The van der Waals surface area contributed by atoms with E-state index in [1.54, 1.807) is 30.3 Å². The third-order valence-electron chi connectivity index (χ3n) is 3.62. The molecule has 3 rings (SSSR count). The normalized spacial score (nSPS) is 10.2. The van der Waals surface area contributed by atoms with Gasteiger partial charge in [-0.2, -0.15) is 4.80 Å². The highest BCUT2D eigenvalue weighted by Gasteiger charge is 2.14. The van der Waals surface area contributed by atoms with Gasteiger partial charge < -0.3 is 10.6 Å². The van der Waals surface area contributed by atoms with Gasteiger partial charge in [-0.1, -0.05) is 48.5 Å². The number of anilines is 1. The Morgan fingerprint density at radius 2 is 1.81 bits per heavy atom. The molecule has 0 bridgehead atoms. The van der Waals surface area contributed by atoms with Gasteiger partial charge in [0.25, 0.3) is 5.91 Å². The summed E-state index contributed by atoms with van der Waals surface area (Å²) in [5.41, 5.74) is 1.59. The van der Waals surface area contributed by atoms with E-state index in [0.717, 1.165) is 5.56 Å². The predicted molar refractivity (Wildman–Crippen MR) is 101 cm³/mol. The zero-order valence-corrected chi connectivity index (χ0v) is 14.5. The number of carbonyl (C=O) groups is 2. The van der Waals surface area contributed by atoms with Gasteiger partial charge in [-0.3, -0.25) is 9.59 Å². The van der Waals surface area contributed by atoms with Crippen molar-refractivity contribution in [1.82, 2.24) is 25.5 Å². The molecule has 0 aliphatic rings. The van der Waals surface area contributed by atoms with Crippen LogP contribution in [0.15, 0.2) is 67.3 Å². The number of hydrogen-bond donors (Lipinski definition) is 2. The number of carbonyl (C=O) groups excluding carboxylic acids is 2. The van der Waals surface area contributed by atoms with E-state index >= 15 is 0 Å². The number of nitrogens with zero attached hydrogens (tertiary/aromatic N) is 4. The number of amides is 2. The number of aromatic nitrogens is 4. The second-order valence-electron chi connectivity index (χ2n) is 5.60. The van der Waals surface area contributed by atoms with Crippen molar-refractivity contribution in [3.8, 4) is 11.4 Å². The fourth-order valence-electron chi connectivity index (χ4n) is 2.38. The maximum atomic E-state index is 12.3. The number of hydrogen-bond acceptors (Lipinski definition) is 5. The van der Waals surface area contributed by atoms with Crippen molar-refractivity contribution in [2.75, 3.05) is 11.9 Å². The largest absolute Gasteiger partial charge is 0.349 e. The van der Waals surface area contributed by atoms with Crippen LogP contribution in [-0.2, 0) is 11.3 Å². The molecule has 8 heteroatoms. The van der Waals surface area contributed by atoms with Crippen molar-refractivity contribution in [2.24, 2.45) is 0 Å². The minimum Gasteiger partial charge on any atom is -0.349 e. The van der Waals surface area contributed by atoms with E-state index in [0.29, 0.717) is 23.6 Å². The number of tetrazole rings is 1. The molecule has 136 valence electrons. The third-order valence-corrected chi connectivity index (χ3v) is 3.62. The van der Waals surface area contributed by atoms with Gasteiger partial charge >= 0.3 is 0 Å². The minimum absolute atomic E-state index is 0.123. The molecule has 0 spiro atoms. The average molecular weight is 362 g/mol. The molecule has 1 heterocycles. The summed E-state index contributed by atoms with van der Waals surface area (Å²) >= 11 is 0. The minimum atomic E-state index is -0.365. The molecule has 2 amide bonds. The fraction of sp³-hybridized carbons (Fsp3) is 0.105. The third kappa shape index (κ3) is 4.63. The summed E-state index contributed by atoms with van der Waals surface area (Å²) in [4.78, 5) is 25.7. The Balaban J connectivity index is 1.67. The first-order chi connectivity index (χ1) is 13.2. The summed E-state index contributed by atoms with van der Waals surface area (Å²) in [6, 6.07) is 16.1. The highest BCUT2D eigenvalue weighted by Crippen LogP contribution is 2.15. The second kappa shape index (κ2) is 8.52. The molecule has 0 unspecified atom stereocenters. The van der Waals surface area contributed by atoms with Crippen LogP contribution in [0.1, 0.15) is 10.4 Å². The lowest BCUT2D eigenvalue weighted by Gasteiger charge is -2.10. The van der Waals surface area contributed by atoms with Gasteiger partial charge in [0.1, 0.15) is 6.54 Å². The van der Waals surface area contributed by atoms with Gasteiger partial charge in [0.15, 0.2) is 0 Å². The van der Waals surface area contributed by atoms with Gasteiger partial charge in [-0.15, -0.1) is 16.8 Å². The van der Waals surface area contributed by atoms with E-state index in [1.165, 1.54) is 4.80 Å². The van der Waals surface area contributed by atoms with Crippen LogP contribution in [0, 0.1) is 0 Å². The molecule has 8 nitrogen and oxygen atoms in total. The standard InChI is InChI=1S/C19H18N6O2/c1-2-12-20-19(27)15-10-6-7-11-16(15)21-17(26)13-25-23-18(22-24-25)14-8-4-3-5-9-14/h2-11H,1,12-13H2,(H,20,27)(H,21,26). The highest BCUT2D eigenvalue weighted by atomic mass is 16.2. The lowest BCUT2D eigenvalue weighted by Crippen LogP contribution is -2.26. The Kier molecular flexibility index (Phi) is 5.68. The molecule has 0 fully saturated rings. The molecule has 0 saturated carbocycles. The van der Waals surface area contributed by atoms with Gasteiger partial charge in [0, 0.05) is 12.1 Å². The Bertz CT molecular complexity index is 952. The Morgan fingerprint density at radius 1 is 1.07 bits per heavy atom. The first-order valence-electron chi connectivity index (χ1n) is 8.28. The molecule has 0 atom stereocenters. The van der Waals surface area contributed by atoms with Crippen LogP contribution >= 0.6 is 0 Å². The molecular formula is C19H18N6O2. The summed E-state index contributed by atoms with van der Waals surface area (Å²) in [5, 5.41) is 17.5. The van der Waals surface area contributed by atoms with Gasteiger partial charge in [0.05, 0.1) is 11.3 Å². The summed E-state index contributed by atoms with van der Waals surface area (Å²) < 4.78 is 0. The van der Waals surface area contributed by atoms with Crippen LogP contribution in [0.2, 0.25) is 0 Å². The van der Waals surface area contributed by atoms with Crippen LogP contribution in [0.3, 0.4) is 0 Å². The maximum absolute atomic E-state index is 12.3. The topological polar surface area (TPSA) is 102 Å². The molecule has 0 saturated heterocycles. The van der Waals surface area contributed by atoms with Gasteiger partial charge in [-0.25, -0.2) is 0 Å². The van der Waals surface area contributed by atoms with Crippen molar-refractivity contribution in [3.63, 3.8) is 0 Å². The number of nitrogens with one attached hydrogen (secondary N) is 2. The lowest BCUT2D eigenvalue weighted by atomic mass is 10.1. The fourth-order valence-corrected chi connectivity index (χ4v) is 2.38. The monoisotopic (exact) mass is 362 g/mol. The molecule has 27 heavy (non-hydrogen) atoms. The maximum Gasteiger partial charge on any atom is 0.253 e. The number of rotatable bonds is 7. The average Bonchev–Trinajstić information content (AvgIpc) is 3.15. The van der Waals surface area contributed by atoms with Crippen LogP contribution in [0.5, 0.6) is 0 Å². The summed E-state index contributed by atoms with van der Waals surface area (Å²) in [5.74, 6) is -0.223. The predicted octanol–water partition coefficient (Wildman–Crippen LogP) is 1.89. The molecule has 2 aromatic carbocycles. The number of para-hydroxylation sites is 1. The highest BCUT2D eigenvalue weighted by molar-refractivity contribution is 6.03. The lowest BCUT2D eigenvalue weighted by molar-refractivity contribution is -0.117. The van der Waals surface area contributed by atoms with E-state index < -0.39 is 0 Å². The van der Waals surface area contributed by atoms with E-state index in [-0.39, 0.29) is 18.4 Å². The van der Waals surface area contributed by atoms with Gasteiger partial charge in [-0.05, 0) is 17.3 Å². The Labute approximate surface area is 155 Å². The smallest absolute Gasteiger partial charge is 0.253 e. The van der Waals surface area contributed by atoms with Crippen molar-refractivity contribution in [1.29, 1.82) is 0 Å². The van der Waals surface area contributed by atoms with E-state index in [2.05, 4.69) is 32.6 Å². The quantitative estimate of drug-likeness (QED) is 0.625. The van der Waals surface area contributed by atoms with Crippen molar-refractivity contribution in [2.45, 2.75) is 6.54 Å². The zero-order valence-electron chi connectivity index (χ0n) is 14.5. The molecule has 0 aliphatic heterocycles. The second-order valence-corrected chi connectivity index (χ2v) is 5.60. The van der Waals surface area contributed by atoms with Crippen LogP contribution in [0.4, 0.5) is 5.69 Å². The SMILES string of the molecule is C=CCNC(=O)c1ccccc1NC(=O)Cn1nnc(-c2ccccc2)n1. The van der Waals surface area contributed by atoms with Crippen molar-refractivity contribution < 1.29 is 9.59 Å². The summed E-state index contributed by atoms with van der Waals surface area (Å²) in [6.07, 6.45) is 1.58. The van der Waals surface area contributed by atoms with Crippen LogP contribution in [0.25, 0.3) is 11.4 Å². The molecule has 1 aromatic heterocycles. The van der Waals surface area contributed by atoms with E-state index in [4.69, 9.17) is 0 Å². The first-order valence-corrected chi connectivity index (χ1v) is 8.28.